The summed E-state index contributed by atoms with van der Waals surface area (Å²) in [5, 5.41) is 16.7. The minimum atomic E-state index is -0.626. The first-order chi connectivity index (χ1) is 7.81. The van der Waals surface area contributed by atoms with Crippen LogP contribution >= 0.6 is 0 Å². The third kappa shape index (κ3) is 2.59. The number of aliphatic hydroxyl groups excluding tert-OH is 1. The van der Waals surface area contributed by atoms with Crippen molar-refractivity contribution in [2.75, 3.05) is 6.54 Å². The largest absolute Gasteiger partial charge is 0.385 e. The van der Waals surface area contributed by atoms with Crippen molar-refractivity contribution < 1.29 is 5.11 Å². The number of aromatic amines is 1. The van der Waals surface area contributed by atoms with Crippen molar-refractivity contribution in [1.29, 1.82) is 0 Å². The molecule has 4 N–H and O–H groups in total. The monoisotopic (exact) mass is 224 g/mol. The molecule has 0 amide bonds. The predicted molar refractivity (Wildman–Crippen MR) is 60.8 cm³/mol. The van der Waals surface area contributed by atoms with E-state index in [0.717, 1.165) is 5.82 Å². The van der Waals surface area contributed by atoms with E-state index in [1.54, 1.807) is 0 Å². The fraction of sp³-hybridized carbons (Fsp3) is 0.818. The number of nitrogens with zero attached hydrogens (tertiary/aromatic N) is 2. The minimum absolute atomic E-state index is 0.453. The summed E-state index contributed by atoms with van der Waals surface area (Å²) in [5.41, 5.74) is 5.39. The van der Waals surface area contributed by atoms with Gasteiger partial charge >= 0.3 is 0 Å². The molecule has 5 nitrogen and oxygen atoms in total. The second kappa shape index (κ2) is 5.41. The summed E-state index contributed by atoms with van der Waals surface area (Å²) in [6, 6.07) is 0. The molecule has 1 saturated carbocycles. The van der Waals surface area contributed by atoms with Crippen LogP contribution in [0.2, 0.25) is 0 Å². The molecule has 2 rings (SSSR count). The van der Waals surface area contributed by atoms with E-state index in [4.69, 9.17) is 5.73 Å². The Morgan fingerprint density at radius 1 is 1.38 bits per heavy atom. The van der Waals surface area contributed by atoms with Crippen LogP contribution in [0.3, 0.4) is 0 Å². The molecule has 0 aliphatic heterocycles. The number of aliphatic hydroxyl groups is 1. The van der Waals surface area contributed by atoms with Crippen LogP contribution in [-0.4, -0.2) is 26.8 Å². The lowest BCUT2D eigenvalue weighted by Gasteiger charge is -2.18. The molecule has 0 spiro atoms. The summed E-state index contributed by atoms with van der Waals surface area (Å²) in [6.07, 6.45) is 6.12. The topological polar surface area (TPSA) is 87.8 Å². The lowest BCUT2D eigenvalue weighted by Crippen LogP contribution is -2.09. The van der Waals surface area contributed by atoms with Crippen molar-refractivity contribution in [3.05, 3.63) is 11.6 Å². The maximum atomic E-state index is 9.71. The zero-order valence-corrected chi connectivity index (χ0v) is 9.52. The quantitative estimate of drug-likeness (QED) is 0.718. The zero-order chi connectivity index (χ0) is 11.4. The van der Waals surface area contributed by atoms with Crippen LogP contribution in [0.5, 0.6) is 0 Å². The van der Waals surface area contributed by atoms with E-state index < -0.39 is 6.10 Å². The van der Waals surface area contributed by atoms with Gasteiger partial charge in [0.25, 0.3) is 0 Å². The lowest BCUT2D eigenvalue weighted by atomic mass is 9.89. The highest BCUT2D eigenvalue weighted by atomic mass is 16.3. The van der Waals surface area contributed by atoms with Gasteiger partial charge in [0, 0.05) is 5.92 Å². The Bertz CT molecular complexity index is 320. The molecular formula is C11H20N4O. The zero-order valence-electron chi connectivity index (χ0n) is 9.52. The van der Waals surface area contributed by atoms with Gasteiger partial charge in [0.2, 0.25) is 0 Å². The number of hydrogen-bond acceptors (Lipinski definition) is 4. The molecule has 5 heteroatoms. The summed E-state index contributed by atoms with van der Waals surface area (Å²) >= 11 is 0. The summed E-state index contributed by atoms with van der Waals surface area (Å²) in [6.45, 7) is 0.453. The molecule has 1 fully saturated rings. The highest BCUT2D eigenvalue weighted by Gasteiger charge is 2.20. The van der Waals surface area contributed by atoms with Gasteiger partial charge in [-0.15, -0.1) is 0 Å². The third-order valence-corrected chi connectivity index (χ3v) is 3.25. The van der Waals surface area contributed by atoms with Crippen LogP contribution in [0.4, 0.5) is 0 Å². The van der Waals surface area contributed by atoms with Gasteiger partial charge in [0.15, 0.2) is 5.82 Å². The molecule has 16 heavy (non-hydrogen) atoms. The number of aromatic nitrogens is 3. The Hall–Kier alpha value is -0.940. The molecule has 1 atom stereocenters. The van der Waals surface area contributed by atoms with E-state index in [-0.39, 0.29) is 0 Å². The van der Waals surface area contributed by atoms with Crippen LogP contribution < -0.4 is 5.73 Å². The number of nitrogens with two attached hydrogens (primary N) is 1. The summed E-state index contributed by atoms with van der Waals surface area (Å²) in [7, 11) is 0. The maximum absolute atomic E-state index is 9.71. The van der Waals surface area contributed by atoms with E-state index >= 15 is 0 Å². The molecular weight excluding hydrogens is 204 g/mol. The summed E-state index contributed by atoms with van der Waals surface area (Å²) < 4.78 is 0. The van der Waals surface area contributed by atoms with Crippen molar-refractivity contribution in [2.45, 2.75) is 50.5 Å². The first kappa shape index (κ1) is 11.5. The Balaban J connectivity index is 2.00. The van der Waals surface area contributed by atoms with E-state index in [9.17, 15) is 5.11 Å². The summed E-state index contributed by atoms with van der Waals surface area (Å²) in [5.74, 6) is 1.93. The van der Waals surface area contributed by atoms with Crippen LogP contribution in [0.25, 0.3) is 0 Å². The molecule has 1 aliphatic carbocycles. The molecule has 0 bridgehead atoms. The van der Waals surface area contributed by atoms with Crippen molar-refractivity contribution in [3.8, 4) is 0 Å². The van der Waals surface area contributed by atoms with Gasteiger partial charge in [0.1, 0.15) is 11.9 Å². The third-order valence-electron chi connectivity index (χ3n) is 3.25. The Morgan fingerprint density at radius 3 is 2.81 bits per heavy atom. The average Bonchev–Trinajstić information content (AvgIpc) is 2.80. The smallest absolute Gasteiger partial charge is 0.179 e. The van der Waals surface area contributed by atoms with Gasteiger partial charge in [0.05, 0.1) is 0 Å². The van der Waals surface area contributed by atoms with Gasteiger partial charge in [-0.25, -0.2) is 4.98 Å². The van der Waals surface area contributed by atoms with Gasteiger partial charge in [-0.05, 0) is 25.8 Å². The number of rotatable bonds is 4. The first-order valence-corrected chi connectivity index (χ1v) is 6.11. The van der Waals surface area contributed by atoms with Gasteiger partial charge < -0.3 is 10.8 Å². The molecule has 1 heterocycles. The number of nitrogens with one attached hydrogen (secondary N) is 1. The van der Waals surface area contributed by atoms with Crippen molar-refractivity contribution in [3.63, 3.8) is 0 Å². The second-order valence-corrected chi connectivity index (χ2v) is 4.51. The normalized spacial score (nSPS) is 19.9. The Morgan fingerprint density at radius 2 is 2.12 bits per heavy atom. The fourth-order valence-corrected chi connectivity index (χ4v) is 2.28. The highest BCUT2D eigenvalue weighted by molar-refractivity contribution is 5.00. The Labute approximate surface area is 95.5 Å². The van der Waals surface area contributed by atoms with E-state index in [1.165, 1.54) is 32.1 Å². The van der Waals surface area contributed by atoms with Gasteiger partial charge in [-0.1, -0.05) is 19.3 Å². The van der Waals surface area contributed by atoms with Gasteiger partial charge in [-0.3, -0.25) is 5.10 Å². The standard InChI is InChI=1S/C11H20N4O/c12-7-6-9(16)11-13-10(14-15-11)8-4-2-1-3-5-8/h8-9,16H,1-7,12H2,(H,13,14,15)/t9-/m0/s1. The van der Waals surface area contributed by atoms with Crippen LogP contribution in [0.1, 0.15) is 62.2 Å². The highest BCUT2D eigenvalue weighted by Crippen LogP contribution is 2.30. The van der Waals surface area contributed by atoms with Crippen LogP contribution in [0, 0.1) is 0 Å². The number of H-pyrrole nitrogens is 1. The minimum Gasteiger partial charge on any atom is -0.385 e. The average molecular weight is 224 g/mol. The molecule has 0 aromatic carbocycles. The first-order valence-electron chi connectivity index (χ1n) is 6.11. The summed E-state index contributed by atoms with van der Waals surface area (Å²) in [4.78, 5) is 4.38. The van der Waals surface area contributed by atoms with Crippen LogP contribution in [0.15, 0.2) is 0 Å². The van der Waals surface area contributed by atoms with Crippen LogP contribution in [-0.2, 0) is 0 Å². The second-order valence-electron chi connectivity index (χ2n) is 4.51. The van der Waals surface area contributed by atoms with Crippen molar-refractivity contribution in [1.82, 2.24) is 15.2 Å². The van der Waals surface area contributed by atoms with E-state index in [1.807, 2.05) is 0 Å². The molecule has 1 aliphatic rings. The molecule has 0 saturated heterocycles. The predicted octanol–water partition coefficient (Wildman–Crippen LogP) is 1.23. The molecule has 0 radical (unpaired) electrons. The molecule has 0 unspecified atom stereocenters. The molecule has 1 aromatic rings. The van der Waals surface area contributed by atoms with Crippen molar-refractivity contribution in [2.24, 2.45) is 5.73 Å². The van der Waals surface area contributed by atoms with Crippen molar-refractivity contribution >= 4 is 0 Å². The maximum Gasteiger partial charge on any atom is 0.179 e. The lowest BCUT2D eigenvalue weighted by molar-refractivity contribution is 0.160. The fourth-order valence-electron chi connectivity index (χ4n) is 2.28. The van der Waals surface area contributed by atoms with E-state index in [0.29, 0.717) is 24.7 Å². The Kier molecular flexibility index (Phi) is 3.90. The van der Waals surface area contributed by atoms with Gasteiger partial charge in [-0.2, -0.15) is 5.10 Å². The SMILES string of the molecule is NCC[C@H](O)c1n[nH]c(C2CCCCC2)n1. The van der Waals surface area contributed by atoms with E-state index in [2.05, 4.69) is 15.2 Å². The molecule has 90 valence electrons. The molecule has 1 aromatic heterocycles. The number of hydrogen-bond donors (Lipinski definition) is 3.